The molecule has 0 unspecified atom stereocenters. The van der Waals surface area contributed by atoms with Crippen molar-refractivity contribution < 1.29 is 13.2 Å². The number of anilines is 3. The number of piperazine rings is 1. The van der Waals surface area contributed by atoms with Crippen molar-refractivity contribution in [3.63, 3.8) is 0 Å². The van der Waals surface area contributed by atoms with Crippen molar-refractivity contribution >= 4 is 44.8 Å². The number of thioether (sulfide) groups is 1. The van der Waals surface area contributed by atoms with E-state index in [0.29, 0.717) is 31.7 Å². The molecule has 11 heteroatoms. The van der Waals surface area contributed by atoms with Crippen LogP contribution in [0.3, 0.4) is 0 Å². The van der Waals surface area contributed by atoms with Gasteiger partial charge in [-0.1, -0.05) is 60.7 Å². The van der Waals surface area contributed by atoms with Crippen LogP contribution in [0.4, 0.5) is 17.1 Å². The zero-order chi connectivity index (χ0) is 39.7. The molecule has 1 atom stereocenters. The Kier molecular flexibility index (Phi) is 13.8. The number of nitrogens with zero attached hydrogens (tertiary/aromatic N) is 4. The number of aryl methyl sites for hydroxylation is 1. The van der Waals surface area contributed by atoms with Crippen molar-refractivity contribution in [2.24, 2.45) is 0 Å². The predicted octanol–water partition coefficient (Wildman–Crippen LogP) is 7.69. The lowest BCUT2D eigenvalue weighted by atomic mass is 9.98. The maximum Gasteiger partial charge on any atom is 0.254 e. The predicted molar refractivity (Wildman–Crippen MR) is 234 cm³/mol. The molecule has 5 aromatic carbocycles. The second-order valence-electron chi connectivity index (χ2n) is 14.8. The number of nitrogens with one attached hydrogen (secondary N) is 2. The van der Waals surface area contributed by atoms with Crippen LogP contribution >= 0.6 is 11.8 Å². The van der Waals surface area contributed by atoms with Crippen LogP contribution in [0, 0.1) is 6.92 Å². The van der Waals surface area contributed by atoms with Gasteiger partial charge in [0.05, 0.1) is 4.90 Å². The highest BCUT2D eigenvalue weighted by Gasteiger charge is 2.25. The van der Waals surface area contributed by atoms with Gasteiger partial charge in [-0.25, -0.2) is 13.1 Å². The van der Waals surface area contributed by atoms with Crippen molar-refractivity contribution in [3.8, 4) is 11.1 Å². The van der Waals surface area contributed by atoms with Crippen LogP contribution in [0.1, 0.15) is 27.9 Å². The molecule has 294 valence electrons. The average Bonchev–Trinajstić information content (AvgIpc) is 3.22. The first-order valence-corrected chi connectivity index (χ1v) is 21.6. The van der Waals surface area contributed by atoms with E-state index < -0.39 is 10.0 Å². The van der Waals surface area contributed by atoms with Crippen LogP contribution in [0.15, 0.2) is 131 Å². The van der Waals surface area contributed by atoms with Crippen molar-refractivity contribution in [1.82, 2.24) is 14.5 Å². The third-order valence-corrected chi connectivity index (χ3v) is 12.7. The first kappa shape index (κ1) is 40.8. The van der Waals surface area contributed by atoms with Crippen LogP contribution in [0.25, 0.3) is 11.1 Å². The third-order valence-electron chi connectivity index (χ3n) is 10.2. The summed E-state index contributed by atoms with van der Waals surface area (Å²) in [6.45, 7) is 5.74. The minimum absolute atomic E-state index is 0.0443. The topological polar surface area (TPSA) is 88.2 Å². The quantitative estimate of drug-likeness (QED) is 0.0985. The number of benzene rings is 5. The Morgan fingerprint density at radius 1 is 0.804 bits per heavy atom. The molecule has 56 heavy (non-hydrogen) atoms. The van der Waals surface area contributed by atoms with Gasteiger partial charge in [-0.05, 0) is 117 Å². The number of amides is 1. The summed E-state index contributed by atoms with van der Waals surface area (Å²) in [6.07, 6.45) is 0.963. The number of hydrogen-bond acceptors (Lipinski definition) is 8. The largest absolute Gasteiger partial charge is 0.381 e. The molecule has 1 amide bonds. The van der Waals surface area contributed by atoms with E-state index in [2.05, 4.69) is 87.4 Å². The summed E-state index contributed by atoms with van der Waals surface area (Å²) in [6, 6.07) is 40.0. The first-order chi connectivity index (χ1) is 27.0. The highest BCUT2D eigenvalue weighted by atomic mass is 32.2. The monoisotopic (exact) mass is 790 g/mol. The fourth-order valence-electron chi connectivity index (χ4n) is 6.79. The summed E-state index contributed by atoms with van der Waals surface area (Å²) in [5.74, 6) is 0.943. The van der Waals surface area contributed by atoms with Crippen molar-refractivity contribution in [2.75, 3.05) is 81.8 Å². The van der Waals surface area contributed by atoms with Crippen LogP contribution < -0.4 is 19.8 Å². The molecule has 0 bridgehead atoms. The number of sulfonamides is 1. The minimum Gasteiger partial charge on any atom is -0.381 e. The van der Waals surface area contributed by atoms with E-state index in [0.717, 1.165) is 58.0 Å². The summed E-state index contributed by atoms with van der Waals surface area (Å²) in [5.41, 5.74) is 7.54. The Morgan fingerprint density at radius 3 is 2.14 bits per heavy atom. The summed E-state index contributed by atoms with van der Waals surface area (Å²) >= 11 is 1.82. The summed E-state index contributed by atoms with van der Waals surface area (Å²) < 4.78 is 29.6. The molecule has 1 heterocycles. The molecular formula is C45H54N6O3S2. The van der Waals surface area contributed by atoms with Gasteiger partial charge in [0.25, 0.3) is 5.91 Å². The fourth-order valence-corrected chi connectivity index (χ4v) is 8.89. The second kappa shape index (κ2) is 18.9. The highest BCUT2D eigenvalue weighted by Crippen LogP contribution is 2.29. The molecule has 0 radical (unpaired) electrons. The van der Waals surface area contributed by atoms with Gasteiger partial charge in [0, 0.05) is 86.1 Å². The van der Waals surface area contributed by atoms with E-state index >= 15 is 0 Å². The smallest absolute Gasteiger partial charge is 0.254 e. The maximum absolute atomic E-state index is 13.7. The SMILES string of the molecule is Cc1cc(S(=O)(=O)NCc2ccc(N3CCN(C(=O)c4ccccc4-c4ccc(N(C)C)cc4)CC3)cc2)ccc1N[C@H](CCN(C)C)CSc1ccccc1. The molecule has 0 saturated carbocycles. The molecule has 1 fully saturated rings. The van der Waals surface area contributed by atoms with Gasteiger partial charge < -0.3 is 24.9 Å². The molecule has 1 aliphatic heterocycles. The number of hydrogen-bond donors (Lipinski definition) is 2. The molecule has 0 aliphatic carbocycles. The third kappa shape index (κ3) is 10.7. The Morgan fingerprint density at radius 2 is 1.48 bits per heavy atom. The molecule has 9 nitrogen and oxygen atoms in total. The van der Waals surface area contributed by atoms with Gasteiger partial charge in [0.15, 0.2) is 0 Å². The van der Waals surface area contributed by atoms with E-state index in [4.69, 9.17) is 0 Å². The molecule has 1 saturated heterocycles. The normalized spacial score (nSPS) is 13.8. The molecule has 0 spiro atoms. The van der Waals surface area contributed by atoms with Crippen molar-refractivity contribution in [2.45, 2.75) is 35.7 Å². The van der Waals surface area contributed by atoms with E-state index in [-0.39, 0.29) is 23.4 Å². The summed E-state index contributed by atoms with van der Waals surface area (Å²) in [7, 11) is 4.46. The molecule has 6 rings (SSSR count). The van der Waals surface area contributed by atoms with E-state index in [9.17, 15) is 13.2 Å². The lowest BCUT2D eigenvalue weighted by molar-refractivity contribution is 0.0747. The van der Waals surface area contributed by atoms with Crippen LogP contribution in [0.5, 0.6) is 0 Å². The highest BCUT2D eigenvalue weighted by molar-refractivity contribution is 7.99. The first-order valence-electron chi connectivity index (χ1n) is 19.2. The maximum atomic E-state index is 13.7. The van der Waals surface area contributed by atoms with Gasteiger partial charge in [0.2, 0.25) is 10.0 Å². The average molecular weight is 791 g/mol. The molecule has 0 aromatic heterocycles. The summed E-state index contributed by atoms with van der Waals surface area (Å²) in [5, 5.41) is 3.68. The zero-order valence-corrected chi connectivity index (χ0v) is 34.7. The standard InChI is InChI=1S/C45H54N6O3S2/c1-34-31-41(23-24-44(34)47-37(25-26-48(2)3)33-55-40-11-7-6-8-12-40)56(53,54)46-32-35-15-19-39(20-16-35)50-27-29-51(30-28-50)45(52)43-14-10-9-13-42(43)36-17-21-38(22-18-36)49(4)5/h6-24,31,37,46-47H,25-30,32-33H2,1-5H3/t37-/m1/s1. The van der Waals surface area contributed by atoms with E-state index in [1.54, 1.807) is 12.1 Å². The Balaban J connectivity index is 1.01. The lowest BCUT2D eigenvalue weighted by Crippen LogP contribution is -2.48. The number of carbonyl (C=O) groups excluding carboxylic acids is 1. The molecule has 5 aromatic rings. The van der Waals surface area contributed by atoms with E-state index in [1.807, 2.05) is 98.3 Å². The number of carbonyl (C=O) groups is 1. The second-order valence-corrected chi connectivity index (χ2v) is 17.7. The molecular weight excluding hydrogens is 737 g/mol. The molecule has 2 N–H and O–H groups in total. The Bertz CT molecular complexity index is 2150. The Hall–Kier alpha value is -4.81. The van der Waals surface area contributed by atoms with E-state index in [1.165, 1.54) is 4.90 Å². The fraction of sp³-hybridized carbons (Fsp3) is 0.311. The van der Waals surface area contributed by atoms with Crippen LogP contribution in [0.2, 0.25) is 0 Å². The number of rotatable bonds is 16. The molecule has 1 aliphatic rings. The van der Waals surface area contributed by atoms with Gasteiger partial charge in [-0.2, -0.15) is 0 Å². The van der Waals surface area contributed by atoms with Crippen LogP contribution in [-0.2, 0) is 16.6 Å². The summed E-state index contributed by atoms with van der Waals surface area (Å²) in [4.78, 5) is 23.7. The van der Waals surface area contributed by atoms with Gasteiger partial charge >= 0.3 is 0 Å². The lowest BCUT2D eigenvalue weighted by Gasteiger charge is -2.36. The van der Waals surface area contributed by atoms with Gasteiger partial charge in [0.1, 0.15) is 0 Å². The Labute approximate surface area is 337 Å². The van der Waals surface area contributed by atoms with Gasteiger partial charge in [-0.15, -0.1) is 11.8 Å². The van der Waals surface area contributed by atoms with Crippen molar-refractivity contribution in [1.29, 1.82) is 0 Å². The van der Waals surface area contributed by atoms with Crippen molar-refractivity contribution in [3.05, 3.63) is 138 Å². The van der Waals surface area contributed by atoms with Crippen LogP contribution in [-0.4, -0.2) is 96.8 Å². The zero-order valence-electron chi connectivity index (χ0n) is 33.1. The van der Waals surface area contributed by atoms with Gasteiger partial charge in [-0.3, -0.25) is 4.79 Å². The minimum atomic E-state index is -3.73.